The SMILES string of the molecule is CN1C(=O)CSc2cc(-c3nc(N4CC5CN(C(=O)OC(C)(C)C)CC5C4)nc4nc[nH]c34)ccc21. The standard InChI is InChI=1S/C25H29N7O3S/c1-25(2,3)35-24(34)32-10-15-8-31(9-16(15)11-32)23-28-20(21-22(29-23)27-13-26-21)14-5-6-17-18(7-14)36-12-19(33)30(17)4/h5-7,13,15-16H,8-12H2,1-4H3,(H,26,27,28,29). The maximum atomic E-state index is 12.5. The summed E-state index contributed by atoms with van der Waals surface area (Å²) in [4.78, 5) is 48.8. The van der Waals surface area contributed by atoms with Crippen molar-refractivity contribution in [2.75, 3.05) is 48.8 Å². The molecule has 3 aromatic rings. The number of likely N-dealkylation sites (tertiary alicyclic amines) is 1. The number of aromatic amines is 1. The van der Waals surface area contributed by atoms with Crippen LogP contribution in [-0.4, -0.2) is 81.4 Å². The molecule has 1 N–H and O–H groups in total. The minimum atomic E-state index is -0.496. The molecule has 2 amide bonds. The van der Waals surface area contributed by atoms with Crippen LogP contribution in [0.25, 0.3) is 22.4 Å². The van der Waals surface area contributed by atoms with Crippen molar-refractivity contribution < 1.29 is 14.3 Å². The number of fused-ring (bicyclic) bond motifs is 3. The number of rotatable bonds is 2. The molecule has 1 aromatic carbocycles. The minimum Gasteiger partial charge on any atom is -0.444 e. The van der Waals surface area contributed by atoms with Crippen LogP contribution in [0.15, 0.2) is 29.4 Å². The molecule has 0 radical (unpaired) electrons. The van der Waals surface area contributed by atoms with Gasteiger partial charge < -0.3 is 24.4 Å². The molecule has 10 nitrogen and oxygen atoms in total. The van der Waals surface area contributed by atoms with E-state index in [1.165, 1.54) is 0 Å². The van der Waals surface area contributed by atoms with Gasteiger partial charge in [0.25, 0.3) is 0 Å². The summed E-state index contributed by atoms with van der Waals surface area (Å²) >= 11 is 1.55. The number of imidazole rings is 1. The van der Waals surface area contributed by atoms with Crippen LogP contribution in [0.3, 0.4) is 0 Å². The summed E-state index contributed by atoms with van der Waals surface area (Å²) in [5.74, 6) is 1.89. The highest BCUT2D eigenvalue weighted by Crippen LogP contribution is 2.39. The van der Waals surface area contributed by atoms with E-state index in [1.807, 2.05) is 44.9 Å². The Labute approximate surface area is 213 Å². The van der Waals surface area contributed by atoms with Gasteiger partial charge in [-0.1, -0.05) is 6.07 Å². The fraction of sp³-hybridized carbons (Fsp3) is 0.480. The van der Waals surface area contributed by atoms with Crippen LogP contribution in [0, 0.1) is 11.8 Å². The summed E-state index contributed by atoms with van der Waals surface area (Å²) in [6.07, 6.45) is 1.40. The summed E-state index contributed by atoms with van der Waals surface area (Å²) in [5.41, 5.74) is 3.58. The first-order valence-electron chi connectivity index (χ1n) is 12.1. The van der Waals surface area contributed by atoms with Crippen molar-refractivity contribution in [3.05, 3.63) is 24.5 Å². The normalized spacial score (nSPS) is 21.8. The molecule has 11 heteroatoms. The third-order valence-electron chi connectivity index (χ3n) is 7.01. The van der Waals surface area contributed by atoms with Crippen LogP contribution in [-0.2, 0) is 9.53 Å². The molecular weight excluding hydrogens is 478 g/mol. The zero-order valence-electron chi connectivity index (χ0n) is 20.8. The predicted octanol–water partition coefficient (Wildman–Crippen LogP) is 3.39. The summed E-state index contributed by atoms with van der Waals surface area (Å²) in [7, 11) is 1.81. The number of carbonyl (C=O) groups excluding carboxylic acids is 2. The molecule has 0 saturated carbocycles. The number of thioether (sulfide) groups is 1. The van der Waals surface area contributed by atoms with Crippen molar-refractivity contribution in [1.29, 1.82) is 0 Å². The van der Waals surface area contributed by atoms with Crippen molar-refractivity contribution in [3.63, 3.8) is 0 Å². The van der Waals surface area contributed by atoms with Gasteiger partial charge in [0, 0.05) is 55.5 Å². The molecule has 3 aliphatic heterocycles. The fourth-order valence-corrected chi connectivity index (χ4v) is 6.26. The third-order valence-corrected chi connectivity index (χ3v) is 8.04. The number of amides is 2. The average Bonchev–Trinajstić information content (AvgIpc) is 3.54. The molecule has 3 aliphatic rings. The summed E-state index contributed by atoms with van der Waals surface area (Å²) in [6.45, 7) is 8.61. The first kappa shape index (κ1) is 23.1. The monoisotopic (exact) mass is 507 g/mol. The number of ether oxygens (including phenoxy) is 1. The third kappa shape index (κ3) is 4.04. The van der Waals surface area contributed by atoms with Gasteiger partial charge in [0.1, 0.15) is 16.8 Å². The quantitative estimate of drug-likeness (QED) is 0.563. The molecule has 0 aliphatic carbocycles. The van der Waals surface area contributed by atoms with E-state index in [0.717, 1.165) is 40.4 Å². The number of hydrogen-bond donors (Lipinski definition) is 1. The molecule has 188 valence electrons. The van der Waals surface area contributed by atoms with Crippen molar-refractivity contribution in [2.24, 2.45) is 11.8 Å². The van der Waals surface area contributed by atoms with E-state index in [4.69, 9.17) is 14.7 Å². The maximum Gasteiger partial charge on any atom is 0.410 e. The summed E-state index contributed by atoms with van der Waals surface area (Å²) in [5, 5.41) is 0. The van der Waals surface area contributed by atoms with Crippen LogP contribution in [0.4, 0.5) is 16.4 Å². The second kappa shape index (κ2) is 8.36. The Kier molecular flexibility index (Phi) is 5.36. The van der Waals surface area contributed by atoms with Gasteiger partial charge in [-0.2, -0.15) is 4.98 Å². The Morgan fingerprint density at radius 1 is 1.14 bits per heavy atom. The molecular formula is C25H29N7O3S. The second-order valence-corrected chi connectivity index (χ2v) is 11.7. The van der Waals surface area contributed by atoms with Crippen molar-refractivity contribution in [2.45, 2.75) is 31.3 Å². The van der Waals surface area contributed by atoms with E-state index in [9.17, 15) is 9.59 Å². The highest BCUT2D eigenvalue weighted by molar-refractivity contribution is 8.00. The molecule has 0 spiro atoms. The van der Waals surface area contributed by atoms with E-state index in [1.54, 1.807) is 23.0 Å². The van der Waals surface area contributed by atoms with Gasteiger partial charge in [-0.25, -0.2) is 14.8 Å². The highest BCUT2D eigenvalue weighted by Gasteiger charge is 2.43. The second-order valence-electron chi connectivity index (χ2n) is 10.7. The van der Waals surface area contributed by atoms with E-state index in [0.29, 0.717) is 42.3 Å². The number of nitrogens with zero attached hydrogens (tertiary/aromatic N) is 6. The van der Waals surface area contributed by atoms with Crippen LogP contribution in [0.5, 0.6) is 0 Å². The van der Waals surface area contributed by atoms with E-state index < -0.39 is 5.60 Å². The lowest BCUT2D eigenvalue weighted by Crippen LogP contribution is -2.37. The maximum absolute atomic E-state index is 12.5. The lowest BCUT2D eigenvalue weighted by atomic mass is 10.0. The molecule has 5 heterocycles. The van der Waals surface area contributed by atoms with Crippen LogP contribution < -0.4 is 9.80 Å². The van der Waals surface area contributed by atoms with Gasteiger partial charge in [-0.3, -0.25) is 4.79 Å². The van der Waals surface area contributed by atoms with Crippen LogP contribution in [0.2, 0.25) is 0 Å². The Bertz CT molecular complexity index is 1350. The number of anilines is 2. The van der Waals surface area contributed by atoms with Crippen molar-refractivity contribution in [1.82, 2.24) is 24.8 Å². The van der Waals surface area contributed by atoms with Gasteiger partial charge in [0.2, 0.25) is 11.9 Å². The molecule has 2 aromatic heterocycles. The molecule has 36 heavy (non-hydrogen) atoms. The summed E-state index contributed by atoms with van der Waals surface area (Å²) in [6, 6.07) is 6.06. The van der Waals surface area contributed by atoms with Crippen LogP contribution >= 0.6 is 11.8 Å². The van der Waals surface area contributed by atoms with E-state index >= 15 is 0 Å². The molecule has 2 atom stereocenters. The van der Waals surface area contributed by atoms with Gasteiger partial charge in [0.15, 0.2) is 5.65 Å². The zero-order valence-corrected chi connectivity index (χ0v) is 21.6. The highest BCUT2D eigenvalue weighted by atomic mass is 32.2. The zero-order chi connectivity index (χ0) is 25.2. The van der Waals surface area contributed by atoms with Crippen LogP contribution in [0.1, 0.15) is 20.8 Å². The largest absolute Gasteiger partial charge is 0.444 e. The Balaban J connectivity index is 1.26. The van der Waals surface area contributed by atoms with Gasteiger partial charge in [0.05, 0.1) is 17.8 Å². The van der Waals surface area contributed by atoms with Gasteiger partial charge in [-0.05, 0) is 32.9 Å². The lowest BCUT2D eigenvalue weighted by Gasteiger charge is -2.26. The number of hydrogen-bond acceptors (Lipinski definition) is 8. The van der Waals surface area contributed by atoms with E-state index in [-0.39, 0.29) is 12.0 Å². The predicted molar refractivity (Wildman–Crippen MR) is 138 cm³/mol. The molecule has 2 saturated heterocycles. The number of H-pyrrole nitrogens is 1. The van der Waals surface area contributed by atoms with Crippen molar-refractivity contribution in [3.8, 4) is 11.3 Å². The summed E-state index contributed by atoms with van der Waals surface area (Å²) < 4.78 is 5.57. The lowest BCUT2D eigenvalue weighted by molar-refractivity contribution is -0.116. The fourth-order valence-electron chi connectivity index (χ4n) is 5.23. The number of aromatic nitrogens is 4. The average molecular weight is 508 g/mol. The molecule has 2 unspecified atom stereocenters. The molecule has 0 bridgehead atoms. The first-order valence-corrected chi connectivity index (χ1v) is 13.1. The smallest absolute Gasteiger partial charge is 0.410 e. The Morgan fingerprint density at radius 3 is 2.61 bits per heavy atom. The number of benzene rings is 1. The number of carbonyl (C=O) groups is 2. The Morgan fingerprint density at radius 2 is 1.89 bits per heavy atom. The van der Waals surface area contributed by atoms with E-state index in [2.05, 4.69) is 20.9 Å². The minimum absolute atomic E-state index is 0.102. The topological polar surface area (TPSA) is 108 Å². The van der Waals surface area contributed by atoms with Gasteiger partial charge >= 0.3 is 6.09 Å². The molecule has 2 fully saturated rings. The van der Waals surface area contributed by atoms with Crippen molar-refractivity contribution >= 4 is 46.6 Å². The van der Waals surface area contributed by atoms with Gasteiger partial charge in [-0.15, -0.1) is 11.8 Å². The first-order chi connectivity index (χ1) is 17.2. The number of nitrogens with one attached hydrogen (secondary N) is 1. The Hall–Kier alpha value is -3.34. The molecule has 6 rings (SSSR count).